The molecule has 0 saturated carbocycles. The molecule has 0 bridgehead atoms. The lowest BCUT2D eigenvalue weighted by Gasteiger charge is -2.10. The molecule has 0 spiro atoms. The highest BCUT2D eigenvalue weighted by Crippen LogP contribution is 2.44. The van der Waals surface area contributed by atoms with E-state index in [1.54, 1.807) is 0 Å². The van der Waals surface area contributed by atoms with Gasteiger partial charge in [-0.3, -0.25) is 0 Å². The number of fused-ring (bicyclic) bond motifs is 13. The zero-order chi connectivity index (χ0) is 50.1. The topological polar surface area (TPSA) is 14.3 Å². The Morgan fingerprint density at radius 1 is 0.413 bits per heavy atom. The molecule has 0 saturated heterocycles. The summed E-state index contributed by atoms with van der Waals surface area (Å²) in [6, 6.07) is -14.6. The predicted molar refractivity (Wildman–Crippen MR) is 195 cm³/mol. The first-order chi connectivity index (χ1) is 32.3. The van der Waals surface area contributed by atoms with Crippen LogP contribution in [0.3, 0.4) is 0 Å². The van der Waals surface area contributed by atoms with E-state index in [-0.39, 0.29) is 66.5 Å². The van der Waals surface area contributed by atoms with E-state index in [1.807, 2.05) is 0 Å². The first-order valence-electron chi connectivity index (χ1n) is 25.6. The lowest BCUT2D eigenvalue weighted by Crippen LogP contribution is -1.95. The van der Waals surface area contributed by atoms with Crippen LogP contribution in [0.2, 0.25) is 0 Å². The third-order valence-corrected chi connectivity index (χ3v) is 8.46. The third-order valence-electron chi connectivity index (χ3n) is 8.46. The highest BCUT2D eigenvalue weighted by Gasteiger charge is 2.22. The van der Waals surface area contributed by atoms with E-state index < -0.39 is 171 Å². The van der Waals surface area contributed by atoms with Crippen LogP contribution in [0.15, 0.2) is 145 Å². The summed E-state index contributed by atoms with van der Waals surface area (Å²) in [4.78, 5) is 0. The van der Waals surface area contributed by atoms with Gasteiger partial charge in [0.2, 0.25) is 0 Å². The molecule has 0 amide bonds. The van der Waals surface area contributed by atoms with E-state index in [4.69, 9.17) is 19.2 Å². The fourth-order valence-corrected chi connectivity index (χ4v) is 6.70. The second kappa shape index (κ2) is 8.56. The molecule has 0 aliphatic heterocycles. The van der Waals surface area contributed by atoms with Crippen LogP contribution in [0.5, 0.6) is 0 Å². The smallest absolute Gasteiger partial charge is 0.0667 e. The van der Waals surface area contributed by atoms with Crippen molar-refractivity contribution in [2.24, 2.45) is 0 Å². The fraction of sp³-hybridized carbons (Fsp3) is 0.0233. The molecule has 4 aromatic heterocycles. The second-order valence-corrected chi connectivity index (χ2v) is 10.8. The molecule has 4 heterocycles. The SMILES string of the molecule is [2H]c1c([2H])c(C)c([2H])c(-n2c3c([2H])c([2H])c([2H])c([2H])c3c3c4c5c([2H])c([2H])c([2H])c([2H])c5n(-c5c([2H])c([2H])c6c7c([2H])cc([2H])c8c9c([2H])c([2H])c([2H])c([2H])c9n(c6c5[2H])c87)c4c([2H])c([2H])c32)c1[2H]. The van der Waals surface area contributed by atoms with E-state index in [0.29, 0.717) is 0 Å². The Labute approximate surface area is 296 Å². The number of hydrogen-bond acceptors (Lipinski definition) is 0. The van der Waals surface area contributed by atoms with Gasteiger partial charge in [0, 0.05) is 54.5 Å². The van der Waals surface area contributed by atoms with Crippen LogP contribution in [0, 0.1) is 6.92 Å². The van der Waals surface area contributed by atoms with Gasteiger partial charge in [0.25, 0.3) is 0 Å². The monoisotopic (exact) mass is 608 g/mol. The van der Waals surface area contributed by atoms with Crippen molar-refractivity contribution in [3.63, 3.8) is 0 Å². The molecule has 0 fully saturated rings. The van der Waals surface area contributed by atoms with Gasteiger partial charge in [-0.25, -0.2) is 0 Å². The number of benzene rings is 7. The fourth-order valence-electron chi connectivity index (χ4n) is 6.70. The van der Waals surface area contributed by atoms with Gasteiger partial charge in [0.05, 0.1) is 70.1 Å². The molecule has 0 unspecified atom stereocenters. The molecule has 214 valence electrons. The Morgan fingerprint density at radius 2 is 0.978 bits per heavy atom. The first kappa shape index (κ1) is 11.4. The normalized spacial score (nSPS) is 19.5. The standard InChI is InChI=1S/C43H27N3/c1-26-10-8-11-27(24-26)44-36-18-6-3-13-33(36)41-38(44)22-23-39-42(41)34-14-4-7-19-37(34)45(39)28-20-21-30-32-16-9-15-31-29-12-2-5-17-35(29)46(43(31)32)40(30)25-28/h2-25H,1H3/i2D,3D,4D,5D,6D,7D,8D,10D,11D,12D,13D,14D,15D,16D,17D,18D,19D,20D,21D,22D,23D,24D,25D. The summed E-state index contributed by atoms with van der Waals surface area (Å²) < 4.78 is 212. The first-order valence-corrected chi connectivity index (χ1v) is 14.1. The van der Waals surface area contributed by atoms with Gasteiger partial charge in [0.15, 0.2) is 0 Å². The van der Waals surface area contributed by atoms with Crippen molar-refractivity contribution in [1.82, 2.24) is 13.5 Å². The zero-order valence-electron chi connectivity index (χ0n) is 46.4. The molecule has 0 radical (unpaired) electrons. The largest absolute Gasteiger partial charge is 0.309 e. The number of nitrogens with zero attached hydrogens (tertiary/aromatic N) is 3. The number of rotatable bonds is 2. The number of aromatic nitrogens is 3. The lowest BCUT2D eigenvalue weighted by atomic mass is 10.1. The molecular formula is C43H27N3. The Morgan fingerprint density at radius 3 is 1.65 bits per heavy atom. The van der Waals surface area contributed by atoms with Crippen LogP contribution in [-0.2, 0) is 0 Å². The Hall–Kier alpha value is -6.06. The molecular weight excluding hydrogens is 558 g/mol. The minimum atomic E-state index is -0.838. The van der Waals surface area contributed by atoms with Crippen LogP contribution in [0.1, 0.15) is 37.1 Å². The van der Waals surface area contributed by atoms with Crippen LogP contribution in [0.25, 0.3) is 93.1 Å². The van der Waals surface area contributed by atoms with Crippen molar-refractivity contribution < 1.29 is 31.5 Å². The average molecular weight is 609 g/mol. The molecule has 7 aromatic carbocycles. The van der Waals surface area contributed by atoms with E-state index in [0.717, 1.165) is 15.2 Å². The van der Waals surface area contributed by atoms with Crippen molar-refractivity contribution >= 4 is 81.7 Å². The van der Waals surface area contributed by atoms with Gasteiger partial charge >= 0.3 is 0 Å². The molecule has 0 aliphatic rings. The molecule has 3 nitrogen and oxygen atoms in total. The van der Waals surface area contributed by atoms with Gasteiger partial charge in [-0.15, -0.1) is 0 Å². The summed E-state index contributed by atoms with van der Waals surface area (Å²) in [5, 5.41) is -1.97. The highest BCUT2D eigenvalue weighted by atomic mass is 15.0. The Balaban J connectivity index is 1.48. The maximum absolute atomic E-state index is 10.0. The van der Waals surface area contributed by atoms with Crippen LogP contribution in [0.4, 0.5) is 0 Å². The molecule has 3 heteroatoms. The number of para-hydroxylation sites is 4. The van der Waals surface area contributed by atoms with E-state index >= 15 is 0 Å². The summed E-state index contributed by atoms with van der Waals surface area (Å²) in [6.45, 7) is 1.33. The van der Waals surface area contributed by atoms with E-state index in [1.165, 1.54) is 11.3 Å². The molecule has 46 heavy (non-hydrogen) atoms. The maximum Gasteiger partial charge on any atom is 0.0667 e. The zero-order valence-corrected chi connectivity index (χ0v) is 23.4. The summed E-state index contributed by atoms with van der Waals surface area (Å²) in [6.07, 6.45) is 0. The van der Waals surface area contributed by atoms with Crippen molar-refractivity contribution in [3.05, 3.63) is 151 Å². The summed E-state index contributed by atoms with van der Waals surface area (Å²) >= 11 is 0. The molecule has 11 rings (SSSR count). The number of hydrogen-bond donors (Lipinski definition) is 0. The molecule has 11 aromatic rings. The van der Waals surface area contributed by atoms with Gasteiger partial charge in [-0.2, -0.15) is 0 Å². The Kier molecular flexibility index (Phi) is 2.12. The minimum absolute atomic E-state index is 0.0301. The highest BCUT2D eigenvalue weighted by molar-refractivity contribution is 6.29. The van der Waals surface area contributed by atoms with Crippen LogP contribution in [-0.4, -0.2) is 13.5 Å². The summed E-state index contributed by atoms with van der Waals surface area (Å²) in [5.74, 6) is 0. The van der Waals surface area contributed by atoms with Crippen LogP contribution >= 0.6 is 0 Å². The van der Waals surface area contributed by atoms with Crippen molar-refractivity contribution in [3.8, 4) is 11.4 Å². The Bertz CT molecular complexity index is 4320. The quantitative estimate of drug-likeness (QED) is 0.185. The van der Waals surface area contributed by atoms with Gasteiger partial charge in [0.1, 0.15) is 0 Å². The molecule has 0 aliphatic carbocycles. The van der Waals surface area contributed by atoms with Crippen LogP contribution < -0.4 is 0 Å². The minimum Gasteiger partial charge on any atom is -0.309 e. The van der Waals surface area contributed by atoms with E-state index in [9.17, 15) is 12.3 Å². The van der Waals surface area contributed by atoms with Gasteiger partial charge in [-0.1, -0.05) is 90.7 Å². The average Bonchev–Trinajstić information content (AvgIpc) is 4.06. The van der Waals surface area contributed by atoms with Gasteiger partial charge in [-0.05, 0) is 66.9 Å². The molecule has 0 atom stereocenters. The third kappa shape index (κ3) is 2.93. The molecule has 0 N–H and O–H groups in total. The van der Waals surface area contributed by atoms with E-state index in [2.05, 4.69) is 0 Å². The van der Waals surface area contributed by atoms with Gasteiger partial charge < -0.3 is 13.5 Å². The van der Waals surface area contributed by atoms with Crippen molar-refractivity contribution in [1.29, 1.82) is 0 Å². The van der Waals surface area contributed by atoms with Crippen molar-refractivity contribution in [2.45, 2.75) is 6.92 Å². The second-order valence-electron chi connectivity index (χ2n) is 10.8. The maximum atomic E-state index is 10.0. The lowest BCUT2D eigenvalue weighted by molar-refractivity contribution is 1.17. The predicted octanol–water partition coefficient (Wildman–Crippen LogP) is 11.3. The van der Waals surface area contributed by atoms with Crippen molar-refractivity contribution in [2.75, 3.05) is 0 Å². The summed E-state index contributed by atoms with van der Waals surface area (Å²) in [5.41, 5.74) is -3.74. The summed E-state index contributed by atoms with van der Waals surface area (Å²) in [7, 11) is 0.